The highest BCUT2D eigenvalue weighted by Gasteiger charge is 2.32. The molecule has 0 saturated heterocycles. The van der Waals surface area contributed by atoms with Crippen molar-refractivity contribution < 1.29 is 14.7 Å². The third kappa shape index (κ3) is 4.94. The van der Waals surface area contributed by atoms with Gasteiger partial charge in [0, 0.05) is 26.1 Å². The van der Waals surface area contributed by atoms with Gasteiger partial charge in [0.2, 0.25) is 0 Å². The molecule has 0 spiro atoms. The zero-order valence-electron chi connectivity index (χ0n) is 11.5. The average molecular weight is 256 g/mol. The summed E-state index contributed by atoms with van der Waals surface area (Å²) in [5.74, 6) is -0.818. The number of carboxylic acid groups (broad SMARTS) is 1. The summed E-state index contributed by atoms with van der Waals surface area (Å²) < 4.78 is 0. The first-order valence-electron chi connectivity index (χ1n) is 6.53. The van der Waals surface area contributed by atoms with Gasteiger partial charge < -0.3 is 15.3 Å². The van der Waals surface area contributed by atoms with Crippen LogP contribution < -0.4 is 5.32 Å². The van der Waals surface area contributed by atoms with Crippen LogP contribution in [0, 0.1) is 5.41 Å². The number of rotatable bonds is 5. The van der Waals surface area contributed by atoms with Crippen LogP contribution in [0.3, 0.4) is 0 Å². The summed E-state index contributed by atoms with van der Waals surface area (Å²) in [6.45, 7) is 4.92. The first-order valence-corrected chi connectivity index (χ1v) is 6.53. The van der Waals surface area contributed by atoms with E-state index in [9.17, 15) is 9.59 Å². The van der Waals surface area contributed by atoms with Gasteiger partial charge in [-0.1, -0.05) is 13.8 Å². The molecule has 2 amide bonds. The SMILES string of the molecule is CN(CCCC(=O)O)C(=O)NC1CCC(C)(C)C1. The Bertz CT molecular complexity index is 315. The molecular formula is C13H24N2O3. The number of nitrogens with zero attached hydrogens (tertiary/aromatic N) is 1. The normalized spacial score (nSPS) is 21.6. The summed E-state index contributed by atoms with van der Waals surface area (Å²) >= 11 is 0. The summed E-state index contributed by atoms with van der Waals surface area (Å²) in [7, 11) is 1.71. The highest BCUT2D eigenvalue weighted by molar-refractivity contribution is 5.74. The van der Waals surface area contributed by atoms with E-state index in [-0.39, 0.29) is 18.5 Å². The lowest BCUT2D eigenvalue weighted by atomic mass is 9.92. The third-order valence-corrected chi connectivity index (χ3v) is 3.53. The second-order valence-corrected chi connectivity index (χ2v) is 5.97. The molecule has 0 aromatic carbocycles. The zero-order valence-corrected chi connectivity index (χ0v) is 11.5. The standard InChI is InChI=1S/C13H24N2O3/c1-13(2)7-6-10(9-13)14-12(18)15(3)8-4-5-11(16)17/h10H,4-9H2,1-3H3,(H,14,18)(H,16,17). The number of urea groups is 1. The van der Waals surface area contributed by atoms with Crippen LogP contribution in [0.5, 0.6) is 0 Å². The molecule has 2 N–H and O–H groups in total. The van der Waals surface area contributed by atoms with E-state index < -0.39 is 5.97 Å². The lowest BCUT2D eigenvalue weighted by Crippen LogP contribution is -2.42. The Labute approximate surface area is 109 Å². The molecule has 1 fully saturated rings. The van der Waals surface area contributed by atoms with Gasteiger partial charge in [0.05, 0.1) is 0 Å². The number of carboxylic acids is 1. The highest BCUT2D eigenvalue weighted by Crippen LogP contribution is 2.36. The molecule has 1 saturated carbocycles. The number of carbonyl (C=O) groups is 2. The van der Waals surface area contributed by atoms with Gasteiger partial charge in [0.25, 0.3) is 0 Å². The molecule has 0 aliphatic heterocycles. The molecule has 1 unspecified atom stereocenters. The minimum absolute atomic E-state index is 0.0944. The minimum atomic E-state index is -0.818. The fourth-order valence-electron chi connectivity index (χ4n) is 2.41. The summed E-state index contributed by atoms with van der Waals surface area (Å²) in [4.78, 5) is 23.8. The van der Waals surface area contributed by atoms with Gasteiger partial charge in [-0.05, 0) is 31.1 Å². The lowest BCUT2D eigenvalue weighted by Gasteiger charge is -2.22. The van der Waals surface area contributed by atoms with Crippen molar-refractivity contribution in [2.75, 3.05) is 13.6 Å². The Balaban J connectivity index is 2.26. The monoisotopic (exact) mass is 256 g/mol. The van der Waals surface area contributed by atoms with Gasteiger partial charge >= 0.3 is 12.0 Å². The molecule has 1 atom stereocenters. The quantitative estimate of drug-likeness (QED) is 0.791. The Kier molecular flexibility index (Phi) is 4.99. The van der Waals surface area contributed by atoms with Crippen LogP contribution in [0.15, 0.2) is 0 Å². The fraction of sp³-hybridized carbons (Fsp3) is 0.846. The third-order valence-electron chi connectivity index (χ3n) is 3.53. The number of hydrogen-bond donors (Lipinski definition) is 2. The summed E-state index contributed by atoms with van der Waals surface area (Å²) in [6.07, 6.45) is 3.79. The van der Waals surface area contributed by atoms with Gasteiger partial charge in [-0.15, -0.1) is 0 Å². The molecule has 0 heterocycles. The Morgan fingerprint density at radius 3 is 2.61 bits per heavy atom. The molecule has 1 aliphatic carbocycles. The van der Waals surface area contributed by atoms with Crippen LogP contribution in [-0.2, 0) is 4.79 Å². The van der Waals surface area contributed by atoms with E-state index in [1.54, 1.807) is 11.9 Å². The van der Waals surface area contributed by atoms with Crippen LogP contribution in [0.25, 0.3) is 0 Å². The van der Waals surface area contributed by atoms with Crippen molar-refractivity contribution in [3.8, 4) is 0 Å². The second-order valence-electron chi connectivity index (χ2n) is 5.97. The van der Waals surface area contributed by atoms with Crippen molar-refractivity contribution in [3.05, 3.63) is 0 Å². The predicted molar refractivity (Wildman–Crippen MR) is 69.5 cm³/mol. The molecule has 0 radical (unpaired) electrons. The second kappa shape index (κ2) is 6.07. The van der Waals surface area contributed by atoms with Crippen molar-refractivity contribution in [1.82, 2.24) is 10.2 Å². The Morgan fingerprint density at radius 1 is 1.44 bits per heavy atom. The zero-order chi connectivity index (χ0) is 13.8. The highest BCUT2D eigenvalue weighted by atomic mass is 16.4. The molecule has 0 aromatic rings. The predicted octanol–water partition coefficient (Wildman–Crippen LogP) is 2.07. The topological polar surface area (TPSA) is 69.6 Å². The van der Waals surface area contributed by atoms with Crippen molar-refractivity contribution in [2.45, 2.75) is 52.0 Å². The maximum Gasteiger partial charge on any atom is 0.317 e. The molecule has 5 heteroatoms. The smallest absolute Gasteiger partial charge is 0.317 e. The molecule has 104 valence electrons. The Hall–Kier alpha value is -1.26. The average Bonchev–Trinajstić information content (AvgIpc) is 2.57. The van der Waals surface area contributed by atoms with Gasteiger partial charge in [-0.25, -0.2) is 4.79 Å². The number of hydrogen-bond acceptors (Lipinski definition) is 2. The maximum atomic E-state index is 11.9. The van der Waals surface area contributed by atoms with E-state index in [0.717, 1.165) is 19.3 Å². The van der Waals surface area contributed by atoms with E-state index in [0.29, 0.717) is 18.4 Å². The fourth-order valence-corrected chi connectivity index (χ4v) is 2.41. The number of carbonyl (C=O) groups excluding carboxylic acids is 1. The summed E-state index contributed by atoms with van der Waals surface area (Å²) in [5, 5.41) is 11.5. The van der Waals surface area contributed by atoms with Crippen molar-refractivity contribution >= 4 is 12.0 Å². The molecule has 0 aromatic heterocycles. The summed E-state index contributed by atoms with van der Waals surface area (Å²) in [6, 6.07) is 0.164. The molecule has 18 heavy (non-hydrogen) atoms. The van der Waals surface area contributed by atoms with E-state index >= 15 is 0 Å². The van der Waals surface area contributed by atoms with E-state index in [1.165, 1.54) is 0 Å². The van der Waals surface area contributed by atoms with E-state index in [4.69, 9.17) is 5.11 Å². The van der Waals surface area contributed by atoms with E-state index in [1.807, 2.05) is 0 Å². The van der Waals surface area contributed by atoms with Crippen molar-refractivity contribution in [3.63, 3.8) is 0 Å². The van der Waals surface area contributed by atoms with Crippen LogP contribution in [0.2, 0.25) is 0 Å². The Morgan fingerprint density at radius 2 is 2.11 bits per heavy atom. The van der Waals surface area contributed by atoms with Gasteiger partial charge in [-0.3, -0.25) is 4.79 Å². The van der Waals surface area contributed by atoms with Gasteiger partial charge in [0.15, 0.2) is 0 Å². The molecule has 0 bridgehead atoms. The lowest BCUT2D eigenvalue weighted by molar-refractivity contribution is -0.137. The first kappa shape index (κ1) is 14.8. The van der Waals surface area contributed by atoms with Crippen LogP contribution >= 0.6 is 0 Å². The maximum absolute atomic E-state index is 11.9. The van der Waals surface area contributed by atoms with Crippen LogP contribution in [-0.4, -0.2) is 41.6 Å². The van der Waals surface area contributed by atoms with Gasteiger partial charge in [-0.2, -0.15) is 0 Å². The molecule has 1 aliphatic rings. The first-order chi connectivity index (χ1) is 8.30. The van der Waals surface area contributed by atoms with Crippen molar-refractivity contribution in [2.24, 2.45) is 5.41 Å². The molecule has 1 rings (SSSR count). The molecule has 5 nitrogen and oxygen atoms in total. The number of aliphatic carboxylic acids is 1. The van der Waals surface area contributed by atoms with Crippen LogP contribution in [0.1, 0.15) is 46.0 Å². The van der Waals surface area contributed by atoms with Crippen LogP contribution in [0.4, 0.5) is 4.79 Å². The number of nitrogens with one attached hydrogen (secondary N) is 1. The van der Waals surface area contributed by atoms with Crippen molar-refractivity contribution in [1.29, 1.82) is 0 Å². The molecular weight excluding hydrogens is 232 g/mol. The van der Waals surface area contributed by atoms with Gasteiger partial charge in [0.1, 0.15) is 0 Å². The van der Waals surface area contributed by atoms with E-state index in [2.05, 4.69) is 19.2 Å². The minimum Gasteiger partial charge on any atom is -0.481 e. The largest absolute Gasteiger partial charge is 0.481 e. The summed E-state index contributed by atoms with van der Waals surface area (Å²) in [5.41, 5.74) is 0.319. The number of amides is 2.